The van der Waals surface area contributed by atoms with Gasteiger partial charge in [-0.1, -0.05) is 6.92 Å². The van der Waals surface area contributed by atoms with Gasteiger partial charge in [0.05, 0.1) is 16.7 Å². The number of anilines is 1. The fraction of sp³-hybridized carbons (Fsp3) is 0.471. The lowest BCUT2D eigenvalue weighted by atomic mass is 10.2. The summed E-state index contributed by atoms with van der Waals surface area (Å²) in [7, 11) is 0. The molecule has 2 aromatic heterocycles. The maximum atomic E-state index is 12.5. The van der Waals surface area contributed by atoms with Crippen molar-refractivity contribution in [2.75, 3.05) is 18.0 Å². The Hall–Kier alpha value is -1.95. The van der Waals surface area contributed by atoms with E-state index in [2.05, 4.69) is 27.1 Å². The number of hydrogen-bond acceptors (Lipinski definition) is 5. The van der Waals surface area contributed by atoms with Crippen LogP contribution < -0.4 is 10.2 Å². The first kappa shape index (κ1) is 15.9. The zero-order chi connectivity index (χ0) is 16.2. The maximum Gasteiger partial charge on any atom is 0.270 e. The molecule has 2 aromatic rings. The van der Waals surface area contributed by atoms with Crippen LogP contribution in [0.5, 0.6) is 0 Å². The topological polar surface area (TPSA) is 58.1 Å². The predicted octanol–water partition coefficient (Wildman–Crippen LogP) is 3.19. The third-order valence-corrected chi connectivity index (χ3v) is 5.12. The third kappa shape index (κ3) is 3.69. The number of hydrogen-bond donors (Lipinski definition) is 1. The van der Waals surface area contributed by atoms with Gasteiger partial charge in [0.1, 0.15) is 5.69 Å². The van der Waals surface area contributed by atoms with E-state index in [0.717, 1.165) is 35.9 Å². The number of aromatic nitrogens is 2. The number of carbonyl (C=O) groups excluding carboxylic acids is 1. The number of thiazole rings is 1. The molecule has 0 aromatic carbocycles. The molecule has 1 atom stereocenters. The highest BCUT2D eigenvalue weighted by atomic mass is 32.1. The van der Waals surface area contributed by atoms with Gasteiger partial charge in [0.25, 0.3) is 5.91 Å². The average Bonchev–Trinajstić information content (AvgIpc) is 3.26. The molecule has 0 aliphatic carbocycles. The predicted molar refractivity (Wildman–Crippen MR) is 93.1 cm³/mol. The minimum absolute atomic E-state index is 0.115. The van der Waals surface area contributed by atoms with Crippen LogP contribution in [0, 0.1) is 0 Å². The van der Waals surface area contributed by atoms with Crippen molar-refractivity contribution in [3.8, 4) is 0 Å². The average molecular weight is 330 g/mol. The molecule has 1 aliphatic heterocycles. The summed E-state index contributed by atoms with van der Waals surface area (Å²) < 4.78 is 0. The highest BCUT2D eigenvalue weighted by Gasteiger charge is 2.17. The van der Waals surface area contributed by atoms with Crippen molar-refractivity contribution in [1.82, 2.24) is 15.3 Å². The maximum absolute atomic E-state index is 12.5. The number of amides is 1. The zero-order valence-electron chi connectivity index (χ0n) is 13.6. The van der Waals surface area contributed by atoms with Gasteiger partial charge in [0.15, 0.2) is 0 Å². The Balaban J connectivity index is 1.68. The molecule has 1 N–H and O–H groups in total. The molecule has 0 spiro atoms. The molecule has 0 radical (unpaired) electrons. The quantitative estimate of drug-likeness (QED) is 0.915. The van der Waals surface area contributed by atoms with Gasteiger partial charge in [-0.15, -0.1) is 11.3 Å². The fourth-order valence-electron chi connectivity index (χ4n) is 2.75. The van der Waals surface area contributed by atoms with Gasteiger partial charge in [0, 0.05) is 30.4 Å². The Morgan fingerprint density at radius 3 is 2.91 bits per heavy atom. The molecule has 3 rings (SSSR count). The monoisotopic (exact) mass is 330 g/mol. The molecule has 122 valence electrons. The van der Waals surface area contributed by atoms with Gasteiger partial charge in [0.2, 0.25) is 0 Å². The molecule has 23 heavy (non-hydrogen) atoms. The molecule has 6 heteroatoms. The molecule has 3 heterocycles. The Kier molecular flexibility index (Phi) is 4.91. The van der Waals surface area contributed by atoms with Crippen LogP contribution in [0.2, 0.25) is 0 Å². The van der Waals surface area contributed by atoms with E-state index in [4.69, 9.17) is 0 Å². The second-order valence-corrected chi connectivity index (χ2v) is 6.75. The summed E-state index contributed by atoms with van der Waals surface area (Å²) in [6.07, 6.45) is 5.06. The van der Waals surface area contributed by atoms with Crippen LogP contribution in [0.3, 0.4) is 0 Å². The molecule has 1 aliphatic rings. The smallest absolute Gasteiger partial charge is 0.270 e. The van der Waals surface area contributed by atoms with Crippen molar-refractivity contribution < 1.29 is 4.79 Å². The van der Waals surface area contributed by atoms with Crippen LogP contribution in [0.15, 0.2) is 23.7 Å². The number of carbonyl (C=O) groups is 1. The largest absolute Gasteiger partial charge is 0.371 e. The van der Waals surface area contributed by atoms with Crippen LogP contribution in [0.1, 0.15) is 53.9 Å². The zero-order valence-corrected chi connectivity index (χ0v) is 14.4. The van der Waals surface area contributed by atoms with E-state index < -0.39 is 0 Å². The Morgan fingerprint density at radius 2 is 2.22 bits per heavy atom. The first-order valence-electron chi connectivity index (χ1n) is 8.13. The summed E-state index contributed by atoms with van der Waals surface area (Å²) in [4.78, 5) is 23.5. The van der Waals surface area contributed by atoms with Gasteiger partial charge in [-0.2, -0.15) is 0 Å². The second-order valence-electron chi connectivity index (χ2n) is 5.81. The van der Waals surface area contributed by atoms with Crippen LogP contribution in [0.25, 0.3) is 0 Å². The van der Waals surface area contributed by atoms with Gasteiger partial charge in [-0.05, 0) is 38.3 Å². The number of pyridine rings is 1. The van der Waals surface area contributed by atoms with Crippen molar-refractivity contribution in [2.45, 2.75) is 39.2 Å². The summed E-state index contributed by atoms with van der Waals surface area (Å²) in [6, 6.07) is 3.74. The number of rotatable bonds is 5. The number of aryl methyl sites for hydroxylation is 1. The first-order valence-corrected chi connectivity index (χ1v) is 9.01. The van der Waals surface area contributed by atoms with Crippen molar-refractivity contribution in [1.29, 1.82) is 0 Å². The molecule has 5 nitrogen and oxygen atoms in total. The molecule has 1 saturated heterocycles. The summed E-state index contributed by atoms with van der Waals surface area (Å²) in [5.41, 5.74) is 2.46. The summed E-state index contributed by atoms with van der Waals surface area (Å²) in [6.45, 7) is 6.15. The molecule has 1 fully saturated rings. The van der Waals surface area contributed by atoms with Crippen LogP contribution in [0.4, 0.5) is 5.69 Å². The summed E-state index contributed by atoms with van der Waals surface area (Å²) >= 11 is 1.64. The van der Waals surface area contributed by atoms with Crippen molar-refractivity contribution in [3.05, 3.63) is 40.1 Å². The lowest BCUT2D eigenvalue weighted by molar-refractivity contribution is 0.0934. The van der Waals surface area contributed by atoms with Gasteiger partial charge in [-0.3, -0.25) is 9.78 Å². The Bertz CT molecular complexity index is 679. The van der Waals surface area contributed by atoms with Gasteiger partial charge < -0.3 is 10.2 Å². The Labute approximate surface area is 140 Å². The SMILES string of the molecule is CCc1nc(C(C)NC(=O)c2cc(N3CCCC3)ccn2)cs1. The highest BCUT2D eigenvalue weighted by Crippen LogP contribution is 2.21. The third-order valence-electron chi connectivity index (χ3n) is 4.11. The highest BCUT2D eigenvalue weighted by molar-refractivity contribution is 7.09. The Morgan fingerprint density at radius 1 is 1.43 bits per heavy atom. The minimum Gasteiger partial charge on any atom is -0.371 e. The number of nitrogens with zero attached hydrogens (tertiary/aromatic N) is 3. The van der Waals surface area contributed by atoms with E-state index in [0.29, 0.717) is 5.69 Å². The van der Waals surface area contributed by atoms with Gasteiger partial charge >= 0.3 is 0 Å². The van der Waals surface area contributed by atoms with Crippen LogP contribution >= 0.6 is 11.3 Å². The molecule has 1 unspecified atom stereocenters. The van der Waals surface area contributed by atoms with Crippen molar-refractivity contribution in [3.63, 3.8) is 0 Å². The standard InChI is InChI=1S/C17H22N4OS/c1-3-16-20-15(11-23-16)12(2)19-17(22)14-10-13(6-7-18-14)21-8-4-5-9-21/h6-7,10-12H,3-5,8-9H2,1-2H3,(H,19,22). The summed E-state index contributed by atoms with van der Waals surface area (Å²) in [5.74, 6) is -0.149. The molecular weight excluding hydrogens is 308 g/mol. The first-order chi connectivity index (χ1) is 11.2. The molecular formula is C17H22N4OS. The van der Waals surface area contributed by atoms with E-state index in [-0.39, 0.29) is 11.9 Å². The van der Waals surface area contributed by atoms with Crippen molar-refractivity contribution in [2.24, 2.45) is 0 Å². The lowest BCUT2D eigenvalue weighted by Gasteiger charge is -2.18. The van der Waals surface area contributed by atoms with E-state index in [9.17, 15) is 4.79 Å². The second kappa shape index (κ2) is 7.08. The number of nitrogens with one attached hydrogen (secondary N) is 1. The molecule has 1 amide bonds. The van der Waals surface area contributed by atoms with E-state index in [1.54, 1.807) is 17.5 Å². The normalized spacial score (nSPS) is 15.7. The minimum atomic E-state index is -0.149. The van der Waals surface area contributed by atoms with Gasteiger partial charge in [-0.25, -0.2) is 4.98 Å². The fourth-order valence-corrected chi connectivity index (χ4v) is 3.58. The van der Waals surface area contributed by atoms with Crippen LogP contribution in [-0.4, -0.2) is 29.0 Å². The van der Waals surface area contributed by atoms with Crippen LogP contribution in [-0.2, 0) is 6.42 Å². The van der Waals surface area contributed by atoms with E-state index in [1.165, 1.54) is 12.8 Å². The lowest BCUT2D eigenvalue weighted by Crippen LogP contribution is -2.28. The summed E-state index contributed by atoms with van der Waals surface area (Å²) in [5, 5.41) is 6.10. The van der Waals surface area contributed by atoms with E-state index >= 15 is 0 Å². The van der Waals surface area contributed by atoms with E-state index in [1.807, 2.05) is 24.4 Å². The molecule has 0 bridgehead atoms. The molecule has 0 saturated carbocycles. The van der Waals surface area contributed by atoms with Crippen molar-refractivity contribution >= 4 is 22.9 Å².